The van der Waals surface area contributed by atoms with Gasteiger partial charge in [0.25, 0.3) is 0 Å². The molecule has 1 atom stereocenters. The van der Waals surface area contributed by atoms with Gasteiger partial charge in [0, 0.05) is 19.3 Å². The number of hydrogen-bond acceptors (Lipinski definition) is 6. The van der Waals surface area contributed by atoms with Crippen LogP contribution in [0.25, 0.3) is 0 Å². The van der Waals surface area contributed by atoms with Crippen LogP contribution in [0.4, 0.5) is 0 Å². The van der Waals surface area contributed by atoms with E-state index in [9.17, 15) is 14.4 Å². The van der Waals surface area contributed by atoms with E-state index >= 15 is 0 Å². The van der Waals surface area contributed by atoms with Crippen molar-refractivity contribution in [1.82, 2.24) is 0 Å². The van der Waals surface area contributed by atoms with Crippen molar-refractivity contribution >= 4 is 17.9 Å². The second-order valence-electron chi connectivity index (χ2n) is 23.4. The lowest BCUT2D eigenvalue weighted by molar-refractivity contribution is -0.167. The van der Waals surface area contributed by atoms with E-state index in [1.54, 1.807) is 0 Å². The summed E-state index contributed by atoms with van der Waals surface area (Å²) in [4.78, 5) is 38.5. The van der Waals surface area contributed by atoms with Crippen molar-refractivity contribution in [3.05, 3.63) is 97.2 Å². The summed E-state index contributed by atoms with van der Waals surface area (Å²) in [7, 11) is 0. The van der Waals surface area contributed by atoms with Crippen LogP contribution in [-0.2, 0) is 28.6 Å². The molecule has 0 aromatic heterocycles. The van der Waals surface area contributed by atoms with E-state index in [4.69, 9.17) is 14.2 Å². The Morgan fingerprint density at radius 3 is 0.768 bits per heavy atom. The number of carbonyl (C=O) groups is 3. The molecule has 0 heterocycles. The van der Waals surface area contributed by atoms with Crippen LogP contribution in [0.3, 0.4) is 0 Å². The van der Waals surface area contributed by atoms with Gasteiger partial charge in [0.15, 0.2) is 6.10 Å². The molecule has 0 aromatic rings. The Bertz CT molecular complexity index is 1590. The van der Waals surface area contributed by atoms with E-state index in [-0.39, 0.29) is 31.1 Å². The number of hydrogen-bond donors (Lipinski definition) is 0. The average Bonchev–Trinajstić information content (AvgIpc) is 3.47. The van der Waals surface area contributed by atoms with Gasteiger partial charge in [-0.05, 0) is 103 Å². The molecule has 82 heavy (non-hydrogen) atoms. The highest BCUT2D eigenvalue weighted by atomic mass is 16.6. The van der Waals surface area contributed by atoms with Gasteiger partial charge >= 0.3 is 17.9 Å². The number of rotatable bonds is 64. The van der Waals surface area contributed by atoms with E-state index in [1.807, 2.05) is 0 Å². The highest BCUT2D eigenvalue weighted by molar-refractivity contribution is 5.71. The van der Waals surface area contributed by atoms with Crippen LogP contribution in [-0.4, -0.2) is 37.2 Å². The average molecular weight is 1140 g/mol. The van der Waals surface area contributed by atoms with Crippen LogP contribution in [0.2, 0.25) is 0 Å². The molecule has 0 bridgehead atoms. The molecule has 1 unspecified atom stereocenters. The summed E-state index contributed by atoms with van der Waals surface area (Å²) in [6.45, 7) is 6.53. The number of ether oxygens (including phenoxy) is 3. The summed E-state index contributed by atoms with van der Waals surface area (Å²) in [5, 5.41) is 0. The minimum Gasteiger partial charge on any atom is -0.462 e. The van der Waals surface area contributed by atoms with Gasteiger partial charge in [-0.1, -0.05) is 323 Å². The third-order valence-electron chi connectivity index (χ3n) is 15.3. The van der Waals surface area contributed by atoms with Gasteiger partial charge in [0.05, 0.1) is 0 Å². The molecule has 0 fully saturated rings. The van der Waals surface area contributed by atoms with Crippen molar-refractivity contribution < 1.29 is 28.6 Å². The SMILES string of the molecule is CC/C=C\C/C=C\C/C=C\C/C=C\C/C=C\C/C=C\CCCCCCCCCCC(=O)OCC(COC(=O)CCCCCCC/C=C\C/C=C\CCCCC)OC(=O)CCCCCCCCCCCCCCCCCCCCCCCC. The first-order chi connectivity index (χ1) is 40.5. The van der Waals surface area contributed by atoms with Crippen molar-refractivity contribution in [3.63, 3.8) is 0 Å². The molecule has 6 heteroatoms. The van der Waals surface area contributed by atoms with Crippen molar-refractivity contribution in [2.75, 3.05) is 13.2 Å². The maximum atomic E-state index is 13.0. The lowest BCUT2D eigenvalue weighted by Crippen LogP contribution is -2.30. The normalized spacial score (nSPS) is 12.7. The molecule has 0 rings (SSSR count). The van der Waals surface area contributed by atoms with Crippen LogP contribution in [0.5, 0.6) is 0 Å². The number of esters is 3. The van der Waals surface area contributed by atoms with Gasteiger partial charge in [-0.3, -0.25) is 14.4 Å². The van der Waals surface area contributed by atoms with E-state index in [1.165, 1.54) is 186 Å². The first kappa shape index (κ1) is 78.3. The number of allylic oxidation sites excluding steroid dienone is 16. The molecular weight excluding hydrogens is 1010 g/mol. The maximum absolute atomic E-state index is 13.0. The van der Waals surface area contributed by atoms with Gasteiger partial charge in [0.2, 0.25) is 0 Å². The smallest absolute Gasteiger partial charge is 0.306 e. The monoisotopic (exact) mass is 1140 g/mol. The largest absolute Gasteiger partial charge is 0.462 e. The molecule has 0 aliphatic rings. The Morgan fingerprint density at radius 1 is 0.256 bits per heavy atom. The first-order valence-electron chi connectivity index (χ1n) is 35.2. The first-order valence-corrected chi connectivity index (χ1v) is 35.2. The molecule has 0 aromatic carbocycles. The molecule has 0 aliphatic heterocycles. The van der Waals surface area contributed by atoms with E-state index in [0.29, 0.717) is 19.3 Å². The lowest BCUT2D eigenvalue weighted by Gasteiger charge is -2.18. The fourth-order valence-corrected chi connectivity index (χ4v) is 10.1. The Balaban J connectivity index is 4.34. The van der Waals surface area contributed by atoms with E-state index in [2.05, 4.69) is 118 Å². The summed E-state index contributed by atoms with van der Waals surface area (Å²) in [6, 6.07) is 0. The fourth-order valence-electron chi connectivity index (χ4n) is 10.1. The minimum atomic E-state index is -0.788. The zero-order valence-electron chi connectivity index (χ0n) is 54.2. The third kappa shape index (κ3) is 67.1. The van der Waals surface area contributed by atoms with Gasteiger partial charge in [-0.25, -0.2) is 0 Å². The standard InChI is InChI=1S/C76H132O6/c1-4-7-10-13-16-19-22-25-28-30-32-34-36-37-38-39-40-42-43-45-48-51-54-57-60-63-66-69-75(78)81-72-73(71-80-74(77)68-65-62-59-56-53-50-47-27-24-21-18-15-12-9-6-3)82-76(79)70-67-64-61-58-55-52-49-46-44-41-35-33-31-29-26-23-20-17-14-11-8-5-2/h7,10,16,18-19,21,25,27-28,32,34,37-38,40,42,47,73H,4-6,8-9,11-15,17,20,22-24,26,29-31,33,35-36,39,41,43-46,48-72H2,1-3H3/b10-7-,19-16-,21-18-,28-25-,34-32-,38-37-,42-40-,47-27-. The molecule has 6 nitrogen and oxygen atoms in total. The quantitative estimate of drug-likeness (QED) is 0.0261. The molecule has 0 radical (unpaired) electrons. The van der Waals surface area contributed by atoms with Gasteiger partial charge < -0.3 is 14.2 Å². The molecule has 0 spiro atoms. The number of unbranched alkanes of at least 4 members (excludes halogenated alkanes) is 37. The Hall–Kier alpha value is -3.67. The zero-order chi connectivity index (χ0) is 59.2. The molecular formula is C76H132O6. The fraction of sp³-hybridized carbons (Fsp3) is 0.750. The van der Waals surface area contributed by atoms with E-state index in [0.717, 1.165) is 122 Å². The predicted molar refractivity (Wildman–Crippen MR) is 357 cm³/mol. The second kappa shape index (κ2) is 69.8. The summed E-state index contributed by atoms with van der Waals surface area (Å²) in [5.74, 6) is -0.887. The zero-order valence-corrected chi connectivity index (χ0v) is 54.2. The lowest BCUT2D eigenvalue weighted by atomic mass is 10.0. The summed E-state index contributed by atoms with van der Waals surface area (Å²) in [6.07, 6.45) is 94.3. The Labute approximate surface area is 508 Å². The van der Waals surface area contributed by atoms with Gasteiger partial charge in [-0.2, -0.15) is 0 Å². The van der Waals surface area contributed by atoms with Crippen LogP contribution in [0.15, 0.2) is 97.2 Å². The second-order valence-corrected chi connectivity index (χ2v) is 23.4. The molecule has 0 saturated carbocycles. The molecule has 0 aliphatic carbocycles. The predicted octanol–water partition coefficient (Wildman–Crippen LogP) is 24.4. The van der Waals surface area contributed by atoms with Crippen molar-refractivity contribution in [1.29, 1.82) is 0 Å². The van der Waals surface area contributed by atoms with Gasteiger partial charge in [-0.15, -0.1) is 0 Å². The minimum absolute atomic E-state index is 0.0839. The van der Waals surface area contributed by atoms with Crippen molar-refractivity contribution in [3.8, 4) is 0 Å². The summed E-state index contributed by atoms with van der Waals surface area (Å²) in [5.41, 5.74) is 0. The Morgan fingerprint density at radius 2 is 0.476 bits per heavy atom. The van der Waals surface area contributed by atoms with Crippen LogP contribution >= 0.6 is 0 Å². The highest BCUT2D eigenvalue weighted by Gasteiger charge is 2.19. The molecule has 472 valence electrons. The Kier molecular flexibility index (Phi) is 66.7. The number of carbonyl (C=O) groups excluding carboxylic acids is 3. The summed E-state index contributed by atoms with van der Waals surface area (Å²) >= 11 is 0. The van der Waals surface area contributed by atoms with Crippen molar-refractivity contribution in [2.45, 2.75) is 354 Å². The van der Waals surface area contributed by atoms with Crippen LogP contribution < -0.4 is 0 Å². The van der Waals surface area contributed by atoms with Crippen molar-refractivity contribution in [2.24, 2.45) is 0 Å². The third-order valence-corrected chi connectivity index (χ3v) is 15.3. The maximum Gasteiger partial charge on any atom is 0.306 e. The molecule has 0 amide bonds. The molecule has 0 N–H and O–H groups in total. The van der Waals surface area contributed by atoms with Crippen LogP contribution in [0.1, 0.15) is 348 Å². The topological polar surface area (TPSA) is 78.9 Å². The molecule has 0 saturated heterocycles. The summed E-state index contributed by atoms with van der Waals surface area (Å²) < 4.78 is 17.0. The van der Waals surface area contributed by atoms with E-state index < -0.39 is 6.10 Å². The highest BCUT2D eigenvalue weighted by Crippen LogP contribution is 2.17. The van der Waals surface area contributed by atoms with Crippen LogP contribution in [0, 0.1) is 0 Å². The van der Waals surface area contributed by atoms with Gasteiger partial charge in [0.1, 0.15) is 13.2 Å².